The fourth-order valence-electron chi connectivity index (χ4n) is 2.93. The fraction of sp³-hybridized carbons (Fsp3) is 0.143. The molecule has 0 aliphatic rings. The van der Waals surface area contributed by atoms with Gasteiger partial charge in [-0.15, -0.1) is 0 Å². The molecule has 0 aliphatic heterocycles. The summed E-state index contributed by atoms with van der Waals surface area (Å²) in [6.45, 7) is 0. The van der Waals surface area contributed by atoms with Gasteiger partial charge >= 0.3 is 0 Å². The van der Waals surface area contributed by atoms with Crippen LogP contribution in [0.15, 0.2) is 69.5 Å². The molecule has 0 saturated carbocycles. The summed E-state index contributed by atoms with van der Waals surface area (Å²) in [4.78, 5) is 25.4. The van der Waals surface area contributed by atoms with Gasteiger partial charge in [0, 0.05) is 17.2 Å². The third-order valence-corrected chi connectivity index (χ3v) is 5.27. The smallest absolute Gasteiger partial charge is 0.211 e. The molecule has 4 rings (SSSR count). The molecule has 0 bridgehead atoms. The van der Waals surface area contributed by atoms with Crippen molar-refractivity contribution in [2.24, 2.45) is 0 Å². The second-order valence-corrected chi connectivity index (χ2v) is 7.05. The van der Waals surface area contributed by atoms with E-state index in [0.29, 0.717) is 11.2 Å². The van der Waals surface area contributed by atoms with Gasteiger partial charge in [-0.25, -0.2) is 0 Å². The summed E-state index contributed by atoms with van der Waals surface area (Å²) in [5.74, 6) is 0.189. The van der Waals surface area contributed by atoms with Crippen LogP contribution < -0.4 is 0 Å². The zero-order chi connectivity index (χ0) is 18.1. The topological polar surface area (TPSA) is 60.4 Å². The summed E-state index contributed by atoms with van der Waals surface area (Å²) in [6, 6.07) is 18.4. The fourth-order valence-corrected chi connectivity index (χ4v) is 3.58. The lowest BCUT2D eigenvalue weighted by Gasteiger charge is -2.09. The van der Waals surface area contributed by atoms with Gasteiger partial charge in [-0.1, -0.05) is 36.4 Å². The lowest BCUT2D eigenvalue weighted by molar-refractivity contribution is 0.0898. The van der Waals surface area contributed by atoms with E-state index in [9.17, 15) is 9.59 Å². The van der Waals surface area contributed by atoms with Crippen molar-refractivity contribution >= 4 is 45.3 Å². The minimum atomic E-state index is -0.517. The maximum absolute atomic E-state index is 12.8. The van der Waals surface area contributed by atoms with Crippen LogP contribution >= 0.6 is 11.8 Å². The Hall–Kier alpha value is -2.79. The van der Waals surface area contributed by atoms with Crippen molar-refractivity contribution < 1.29 is 18.4 Å². The predicted octanol–water partition coefficient (Wildman–Crippen LogP) is 5.37. The minimum Gasteiger partial charge on any atom is -0.453 e. The summed E-state index contributed by atoms with van der Waals surface area (Å²) in [7, 11) is 0. The standard InChI is InChI=1S/C21H16O4S/c1-26-20(21(23)19-11-14-7-3-5-9-17(14)25-19)12-15(22)18-10-13-6-2-4-8-16(13)24-18/h2-11,20H,12H2,1H3. The van der Waals surface area contributed by atoms with Crippen LogP contribution in [0.1, 0.15) is 27.5 Å². The van der Waals surface area contributed by atoms with Crippen molar-refractivity contribution in [3.63, 3.8) is 0 Å². The quantitative estimate of drug-likeness (QED) is 0.431. The lowest BCUT2D eigenvalue weighted by atomic mass is 10.1. The summed E-state index contributed by atoms with van der Waals surface area (Å²) >= 11 is 1.34. The molecule has 2 aromatic heterocycles. The van der Waals surface area contributed by atoms with E-state index in [-0.39, 0.29) is 29.5 Å². The molecule has 0 saturated heterocycles. The summed E-state index contributed by atoms with van der Waals surface area (Å²) in [5.41, 5.74) is 1.33. The third kappa shape index (κ3) is 3.06. The Morgan fingerprint density at radius 1 is 0.885 bits per heavy atom. The number of Topliss-reactive ketones (excluding diaryl/α,β-unsaturated/α-hetero) is 2. The van der Waals surface area contributed by atoms with Crippen molar-refractivity contribution in [2.45, 2.75) is 11.7 Å². The van der Waals surface area contributed by atoms with E-state index in [4.69, 9.17) is 8.83 Å². The van der Waals surface area contributed by atoms with Crippen LogP contribution in [0, 0.1) is 0 Å². The highest BCUT2D eigenvalue weighted by Gasteiger charge is 2.27. The van der Waals surface area contributed by atoms with Gasteiger partial charge in [-0.3, -0.25) is 9.59 Å². The van der Waals surface area contributed by atoms with Gasteiger partial charge in [-0.2, -0.15) is 11.8 Å². The van der Waals surface area contributed by atoms with Crippen molar-refractivity contribution in [3.8, 4) is 0 Å². The first-order valence-electron chi connectivity index (χ1n) is 8.23. The number of thioether (sulfide) groups is 1. The highest BCUT2D eigenvalue weighted by atomic mass is 32.2. The zero-order valence-corrected chi connectivity index (χ0v) is 14.9. The van der Waals surface area contributed by atoms with E-state index in [1.807, 2.05) is 54.8 Å². The van der Waals surface area contributed by atoms with Crippen molar-refractivity contribution in [2.75, 3.05) is 6.26 Å². The first-order valence-corrected chi connectivity index (χ1v) is 9.52. The van der Waals surface area contributed by atoms with Crippen LogP contribution in [0.2, 0.25) is 0 Å². The first kappa shape index (κ1) is 16.7. The number of benzene rings is 2. The number of furan rings is 2. The second kappa shape index (κ2) is 6.84. The normalized spacial score (nSPS) is 12.5. The SMILES string of the molecule is CSC(CC(=O)c1cc2ccccc2o1)C(=O)c1cc2ccccc2o1. The van der Waals surface area contributed by atoms with E-state index in [1.165, 1.54) is 11.8 Å². The van der Waals surface area contributed by atoms with Crippen molar-refractivity contribution in [1.82, 2.24) is 0 Å². The number of rotatable bonds is 6. The lowest BCUT2D eigenvalue weighted by Crippen LogP contribution is -2.20. The highest BCUT2D eigenvalue weighted by Crippen LogP contribution is 2.26. The van der Waals surface area contributed by atoms with Crippen LogP contribution in [-0.4, -0.2) is 23.1 Å². The van der Waals surface area contributed by atoms with Crippen molar-refractivity contribution in [3.05, 3.63) is 72.2 Å². The van der Waals surface area contributed by atoms with E-state index in [0.717, 1.165) is 10.8 Å². The maximum atomic E-state index is 12.8. The van der Waals surface area contributed by atoms with E-state index in [2.05, 4.69) is 0 Å². The molecule has 1 atom stereocenters. The molecule has 26 heavy (non-hydrogen) atoms. The molecule has 2 aromatic carbocycles. The molecule has 0 fully saturated rings. The van der Waals surface area contributed by atoms with E-state index < -0.39 is 5.25 Å². The zero-order valence-electron chi connectivity index (χ0n) is 14.1. The summed E-state index contributed by atoms with van der Waals surface area (Å²) in [5, 5.41) is 1.23. The number of ketones is 2. The number of carbonyl (C=O) groups is 2. The molecule has 1 unspecified atom stereocenters. The Kier molecular flexibility index (Phi) is 4.39. The van der Waals surface area contributed by atoms with Gasteiger partial charge in [0.25, 0.3) is 0 Å². The monoisotopic (exact) mass is 364 g/mol. The summed E-state index contributed by atoms with van der Waals surface area (Å²) in [6.07, 6.45) is 1.88. The Labute approximate surface area is 154 Å². The molecule has 5 heteroatoms. The number of para-hydroxylation sites is 2. The van der Waals surface area contributed by atoms with Crippen molar-refractivity contribution in [1.29, 1.82) is 0 Å². The average Bonchev–Trinajstić information content (AvgIpc) is 3.29. The predicted molar refractivity (Wildman–Crippen MR) is 103 cm³/mol. The molecule has 0 radical (unpaired) electrons. The Morgan fingerprint density at radius 2 is 1.42 bits per heavy atom. The number of carbonyl (C=O) groups excluding carboxylic acids is 2. The van der Waals surface area contributed by atoms with Crippen LogP contribution in [0.5, 0.6) is 0 Å². The third-order valence-electron chi connectivity index (χ3n) is 4.32. The van der Waals surface area contributed by atoms with E-state index in [1.54, 1.807) is 12.1 Å². The van der Waals surface area contributed by atoms with Gasteiger partial charge in [0.1, 0.15) is 11.2 Å². The number of hydrogen-bond donors (Lipinski definition) is 0. The van der Waals surface area contributed by atoms with Crippen LogP contribution in [0.3, 0.4) is 0 Å². The van der Waals surface area contributed by atoms with E-state index >= 15 is 0 Å². The van der Waals surface area contributed by atoms with Crippen LogP contribution in [0.4, 0.5) is 0 Å². The Morgan fingerprint density at radius 3 is 2.00 bits per heavy atom. The molecular formula is C21H16O4S. The van der Waals surface area contributed by atoms with Gasteiger partial charge in [-0.05, 0) is 30.5 Å². The average molecular weight is 364 g/mol. The molecule has 2 heterocycles. The molecule has 0 aliphatic carbocycles. The molecule has 0 spiro atoms. The molecule has 4 aromatic rings. The van der Waals surface area contributed by atoms with Gasteiger partial charge < -0.3 is 8.83 Å². The van der Waals surface area contributed by atoms with Gasteiger partial charge in [0.05, 0.1) is 5.25 Å². The molecule has 4 nitrogen and oxygen atoms in total. The van der Waals surface area contributed by atoms with Gasteiger partial charge in [0.15, 0.2) is 17.3 Å². The molecule has 130 valence electrons. The maximum Gasteiger partial charge on any atom is 0.211 e. The first-order chi connectivity index (χ1) is 12.7. The highest BCUT2D eigenvalue weighted by molar-refractivity contribution is 8.00. The molecular weight excluding hydrogens is 348 g/mol. The largest absolute Gasteiger partial charge is 0.453 e. The van der Waals surface area contributed by atoms with Gasteiger partial charge in [0.2, 0.25) is 5.78 Å². The second-order valence-electron chi connectivity index (χ2n) is 6.01. The Bertz CT molecular complexity index is 1040. The van der Waals surface area contributed by atoms with Crippen LogP contribution in [0.25, 0.3) is 21.9 Å². The Balaban J connectivity index is 1.56. The molecule has 0 N–H and O–H groups in total. The van der Waals surface area contributed by atoms with Crippen LogP contribution in [-0.2, 0) is 0 Å². The molecule has 0 amide bonds. The summed E-state index contributed by atoms with van der Waals surface area (Å²) < 4.78 is 11.3. The minimum absolute atomic E-state index is 0.0663. The number of fused-ring (bicyclic) bond motifs is 2. The number of hydrogen-bond acceptors (Lipinski definition) is 5.